The lowest BCUT2D eigenvalue weighted by molar-refractivity contribution is -0.132. The summed E-state index contributed by atoms with van der Waals surface area (Å²) in [7, 11) is 1.78. The van der Waals surface area contributed by atoms with Crippen LogP contribution in [0.5, 0.6) is 5.75 Å². The molecule has 0 bridgehead atoms. The molecule has 120 valence electrons. The third kappa shape index (κ3) is 6.36. The highest BCUT2D eigenvalue weighted by molar-refractivity contribution is 5.85. The summed E-state index contributed by atoms with van der Waals surface area (Å²) in [5, 5.41) is 0. The Balaban J connectivity index is 0.00000400. The number of hydrogen-bond donors (Lipinski definition) is 1. The van der Waals surface area contributed by atoms with Crippen LogP contribution in [0.2, 0.25) is 0 Å². The van der Waals surface area contributed by atoms with Crippen LogP contribution in [0.3, 0.4) is 0 Å². The van der Waals surface area contributed by atoms with Gasteiger partial charge in [-0.3, -0.25) is 4.79 Å². The number of halogens is 1. The van der Waals surface area contributed by atoms with E-state index in [1.54, 1.807) is 11.9 Å². The van der Waals surface area contributed by atoms with Gasteiger partial charge in [0.15, 0.2) is 0 Å². The van der Waals surface area contributed by atoms with Crippen LogP contribution in [0.1, 0.15) is 38.7 Å². The first-order valence-corrected chi connectivity index (χ1v) is 7.14. The third-order valence-corrected chi connectivity index (χ3v) is 3.53. The van der Waals surface area contributed by atoms with E-state index in [0.29, 0.717) is 25.5 Å². The van der Waals surface area contributed by atoms with Gasteiger partial charge in [-0.05, 0) is 30.5 Å². The lowest BCUT2D eigenvalue weighted by Gasteiger charge is -2.23. The minimum atomic E-state index is 0. The molecule has 0 fully saturated rings. The first-order chi connectivity index (χ1) is 9.45. The molecule has 4 nitrogen and oxygen atoms in total. The number of nitrogens with two attached hydrogens (primary N) is 1. The molecule has 0 aliphatic carbocycles. The fourth-order valence-electron chi connectivity index (χ4n) is 1.79. The molecular formula is C16H27ClN2O2. The van der Waals surface area contributed by atoms with Crippen LogP contribution in [-0.4, -0.2) is 37.0 Å². The summed E-state index contributed by atoms with van der Waals surface area (Å²) in [6.07, 6.45) is 0.368. The maximum atomic E-state index is 11.9. The van der Waals surface area contributed by atoms with Gasteiger partial charge in [-0.15, -0.1) is 12.4 Å². The summed E-state index contributed by atoms with van der Waals surface area (Å²) in [6, 6.07) is 8.08. The molecule has 21 heavy (non-hydrogen) atoms. The molecule has 0 saturated heterocycles. The second-order valence-corrected chi connectivity index (χ2v) is 5.41. The molecule has 1 aromatic rings. The second kappa shape index (κ2) is 9.64. The molecule has 1 amide bonds. The van der Waals surface area contributed by atoms with Crippen molar-refractivity contribution in [1.82, 2.24) is 4.90 Å². The monoisotopic (exact) mass is 314 g/mol. The van der Waals surface area contributed by atoms with Crippen molar-refractivity contribution < 1.29 is 9.53 Å². The van der Waals surface area contributed by atoms with E-state index in [1.165, 1.54) is 5.56 Å². The smallest absolute Gasteiger partial charge is 0.226 e. The lowest BCUT2D eigenvalue weighted by atomic mass is 10.0. The number of amides is 1. The highest BCUT2D eigenvalue weighted by Crippen LogP contribution is 2.18. The maximum Gasteiger partial charge on any atom is 0.226 e. The number of hydrogen-bond acceptors (Lipinski definition) is 3. The zero-order valence-corrected chi connectivity index (χ0v) is 14.2. The average molecular weight is 315 g/mol. The predicted octanol–water partition coefficient (Wildman–Crippen LogP) is 2.81. The minimum Gasteiger partial charge on any atom is -0.493 e. The molecule has 1 aromatic carbocycles. The van der Waals surface area contributed by atoms with Gasteiger partial charge >= 0.3 is 0 Å². The Morgan fingerprint density at radius 3 is 2.29 bits per heavy atom. The Kier molecular flexibility index (Phi) is 9.06. The Bertz CT molecular complexity index is 421. The Hall–Kier alpha value is -1.26. The summed E-state index contributed by atoms with van der Waals surface area (Å²) in [4.78, 5) is 13.5. The molecule has 1 atom stereocenters. The van der Waals surface area contributed by atoms with E-state index < -0.39 is 0 Å². The lowest BCUT2D eigenvalue weighted by Crippen LogP contribution is -2.40. The quantitative estimate of drug-likeness (QED) is 0.842. The second-order valence-electron chi connectivity index (χ2n) is 5.41. The van der Waals surface area contributed by atoms with Crippen LogP contribution in [0.15, 0.2) is 24.3 Å². The normalized spacial score (nSPS) is 11.7. The van der Waals surface area contributed by atoms with Crippen molar-refractivity contribution in [3.8, 4) is 5.75 Å². The van der Waals surface area contributed by atoms with Gasteiger partial charge in [-0.1, -0.05) is 26.0 Å². The van der Waals surface area contributed by atoms with E-state index in [0.717, 1.165) is 5.75 Å². The molecule has 0 heterocycles. The topological polar surface area (TPSA) is 55.6 Å². The SMILES string of the molecule is CC(C)c1ccc(OCCC(=O)N(C)C(C)CN)cc1.Cl. The average Bonchev–Trinajstić information content (AvgIpc) is 2.45. The number of carbonyl (C=O) groups excluding carboxylic acids is 1. The van der Waals surface area contributed by atoms with Crippen molar-refractivity contribution in [3.05, 3.63) is 29.8 Å². The summed E-state index contributed by atoms with van der Waals surface area (Å²) in [6.45, 7) is 7.11. The van der Waals surface area contributed by atoms with Crippen molar-refractivity contribution in [1.29, 1.82) is 0 Å². The van der Waals surface area contributed by atoms with E-state index in [2.05, 4.69) is 26.0 Å². The van der Waals surface area contributed by atoms with Crippen LogP contribution in [0.25, 0.3) is 0 Å². The number of ether oxygens (including phenoxy) is 1. The number of rotatable bonds is 7. The predicted molar refractivity (Wildman–Crippen MR) is 89.2 cm³/mol. The Morgan fingerprint density at radius 1 is 1.24 bits per heavy atom. The number of nitrogens with zero attached hydrogens (tertiary/aromatic N) is 1. The van der Waals surface area contributed by atoms with Gasteiger partial charge < -0.3 is 15.4 Å². The third-order valence-electron chi connectivity index (χ3n) is 3.53. The summed E-state index contributed by atoms with van der Waals surface area (Å²) < 4.78 is 5.60. The van der Waals surface area contributed by atoms with Crippen molar-refractivity contribution in [3.63, 3.8) is 0 Å². The van der Waals surface area contributed by atoms with E-state index >= 15 is 0 Å². The highest BCUT2D eigenvalue weighted by Gasteiger charge is 2.13. The molecule has 0 spiro atoms. The van der Waals surface area contributed by atoms with Crippen molar-refractivity contribution >= 4 is 18.3 Å². The molecule has 0 saturated carbocycles. The molecule has 0 radical (unpaired) electrons. The molecular weight excluding hydrogens is 288 g/mol. The zero-order chi connectivity index (χ0) is 15.1. The summed E-state index contributed by atoms with van der Waals surface area (Å²) in [5.41, 5.74) is 6.83. The van der Waals surface area contributed by atoms with Crippen LogP contribution in [-0.2, 0) is 4.79 Å². The van der Waals surface area contributed by atoms with Gasteiger partial charge in [0, 0.05) is 19.6 Å². The van der Waals surface area contributed by atoms with Gasteiger partial charge in [0.05, 0.1) is 13.0 Å². The number of carbonyl (C=O) groups is 1. The summed E-state index contributed by atoms with van der Waals surface area (Å²) >= 11 is 0. The van der Waals surface area contributed by atoms with Gasteiger partial charge in [-0.2, -0.15) is 0 Å². The van der Waals surface area contributed by atoms with Crippen molar-refractivity contribution in [2.75, 3.05) is 20.2 Å². The molecule has 2 N–H and O–H groups in total. The van der Waals surface area contributed by atoms with E-state index in [9.17, 15) is 4.79 Å². The van der Waals surface area contributed by atoms with Crippen LogP contribution in [0.4, 0.5) is 0 Å². The molecule has 0 aliphatic heterocycles. The fraction of sp³-hybridized carbons (Fsp3) is 0.562. The van der Waals surface area contributed by atoms with Crippen molar-refractivity contribution in [2.45, 2.75) is 39.2 Å². The Morgan fingerprint density at radius 2 is 1.81 bits per heavy atom. The summed E-state index contributed by atoms with van der Waals surface area (Å²) in [5.74, 6) is 1.37. The minimum absolute atomic E-state index is 0. The van der Waals surface area contributed by atoms with E-state index in [4.69, 9.17) is 10.5 Å². The van der Waals surface area contributed by atoms with Crippen LogP contribution in [0, 0.1) is 0 Å². The maximum absolute atomic E-state index is 11.9. The Labute approximate surface area is 134 Å². The first kappa shape index (κ1) is 19.7. The molecule has 1 unspecified atom stereocenters. The molecule has 5 heteroatoms. The number of likely N-dealkylation sites (N-methyl/N-ethyl adjacent to an activating group) is 1. The van der Waals surface area contributed by atoms with E-state index in [1.807, 2.05) is 19.1 Å². The fourth-order valence-corrected chi connectivity index (χ4v) is 1.79. The van der Waals surface area contributed by atoms with E-state index in [-0.39, 0.29) is 24.4 Å². The van der Waals surface area contributed by atoms with Crippen LogP contribution < -0.4 is 10.5 Å². The molecule has 0 aromatic heterocycles. The van der Waals surface area contributed by atoms with Crippen molar-refractivity contribution in [2.24, 2.45) is 5.73 Å². The number of benzene rings is 1. The van der Waals surface area contributed by atoms with Crippen LogP contribution >= 0.6 is 12.4 Å². The van der Waals surface area contributed by atoms with Gasteiger partial charge in [-0.25, -0.2) is 0 Å². The first-order valence-electron chi connectivity index (χ1n) is 7.14. The molecule has 1 rings (SSSR count). The van der Waals surface area contributed by atoms with Gasteiger partial charge in [0.2, 0.25) is 5.91 Å². The highest BCUT2D eigenvalue weighted by atomic mass is 35.5. The van der Waals surface area contributed by atoms with Gasteiger partial charge in [0.25, 0.3) is 0 Å². The standard InChI is InChI=1S/C16H26N2O2.ClH/c1-12(2)14-5-7-15(8-6-14)20-10-9-16(19)18(4)13(3)11-17;/h5-8,12-13H,9-11,17H2,1-4H3;1H. The van der Waals surface area contributed by atoms with Gasteiger partial charge in [0.1, 0.15) is 5.75 Å². The molecule has 0 aliphatic rings. The zero-order valence-electron chi connectivity index (χ0n) is 13.3. The largest absolute Gasteiger partial charge is 0.493 e.